The van der Waals surface area contributed by atoms with E-state index in [0.717, 1.165) is 10.8 Å². The van der Waals surface area contributed by atoms with Gasteiger partial charge in [0.2, 0.25) is 0 Å². The van der Waals surface area contributed by atoms with Gasteiger partial charge < -0.3 is 24.8 Å². The minimum atomic E-state index is -4.20. The summed E-state index contributed by atoms with van der Waals surface area (Å²) < 4.78 is 46.6. The normalized spacial score (nSPS) is 26.1. The average Bonchev–Trinajstić information content (AvgIpc) is 3.04. The molecule has 1 aliphatic rings. The second kappa shape index (κ2) is 10.8. The van der Waals surface area contributed by atoms with Crippen molar-refractivity contribution >= 4 is 19.3 Å². The number of ether oxygens (including phenoxy) is 2. The molecule has 0 aliphatic carbocycles. The lowest BCUT2D eigenvalue weighted by Gasteiger charge is -2.32. The molecule has 36 heavy (non-hydrogen) atoms. The van der Waals surface area contributed by atoms with Crippen LogP contribution in [-0.4, -0.2) is 56.8 Å². The summed E-state index contributed by atoms with van der Waals surface area (Å²) in [4.78, 5) is 28.2. The molecule has 2 aromatic rings. The number of nitrogens with two attached hydrogens (primary N) is 1. The van der Waals surface area contributed by atoms with Crippen molar-refractivity contribution in [1.29, 1.82) is 0 Å². The molecule has 3 rings (SSSR count). The number of carbonyl (C=O) groups is 1. The van der Waals surface area contributed by atoms with E-state index in [1.165, 1.54) is 25.1 Å². The zero-order valence-electron chi connectivity index (χ0n) is 19.9. The number of aromatic nitrogens is 2. The van der Waals surface area contributed by atoms with Gasteiger partial charge in [-0.15, -0.1) is 6.42 Å². The van der Waals surface area contributed by atoms with Crippen molar-refractivity contribution in [3.63, 3.8) is 0 Å². The van der Waals surface area contributed by atoms with Crippen LogP contribution in [0.1, 0.15) is 27.0 Å². The maximum atomic E-state index is 15.3. The van der Waals surface area contributed by atoms with Gasteiger partial charge in [0, 0.05) is 6.20 Å². The first-order valence-corrected chi connectivity index (χ1v) is 12.8. The van der Waals surface area contributed by atoms with Crippen LogP contribution in [-0.2, 0) is 18.8 Å². The van der Waals surface area contributed by atoms with Crippen LogP contribution in [0.5, 0.6) is 5.75 Å². The first-order valence-electron chi connectivity index (χ1n) is 11.0. The van der Waals surface area contributed by atoms with Crippen molar-refractivity contribution in [3.8, 4) is 18.1 Å². The van der Waals surface area contributed by atoms with Crippen LogP contribution in [0, 0.1) is 12.3 Å². The molecule has 1 aliphatic heterocycles. The van der Waals surface area contributed by atoms with Crippen LogP contribution in [0.4, 0.5) is 10.2 Å². The largest absolute Gasteiger partial charge is 0.462 e. The zero-order chi connectivity index (χ0) is 26.7. The summed E-state index contributed by atoms with van der Waals surface area (Å²) in [7, 11) is -4.20. The molecule has 13 heteroatoms. The topological polar surface area (TPSA) is 155 Å². The predicted molar refractivity (Wildman–Crippen MR) is 129 cm³/mol. The van der Waals surface area contributed by atoms with Crippen LogP contribution in [0.2, 0.25) is 0 Å². The Balaban J connectivity index is 1.96. The number of aliphatic hydroxyl groups excluding tert-OH is 1. The number of esters is 1. The maximum absolute atomic E-state index is 15.3. The number of nitrogens with one attached hydrogen (secondary N) is 1. The van der Waals surface area contributed by atoms with E-state index in [2.05, 4.69) is 16.0 Å². The number of aliphatic hydroxyl groups is 1. The van der Waals surface area contributed by atoms with Gasteiger partial charge in [-0.3, -0.25) is 13.9 Å². The summed E-state index contributed by atoms with van der Waals surface area (Å²) in [5, 5.41) is 13.4. The molecule has 0 radical (unpaired) electrons. The van der Waals surface area contributed by atoms with Crippen LogP contribution in [0.15, 0.2) is 47.4 Å². The molecule has 2 unspecified atom stereocenters. The Hall–Kier alpha value is -3.23. The highest BCUT2D eigenvalue weighted by Gasteiger charge is 2.59. The average molecular weight is 522 g/mol. The van der Waals surface area contributed by atoms with Gasteiger partial charge in [-0.25, -0.2) is 14.3 Å². The number of halogens is 1. The molecule has 194 valence electrons. The molecule has 1 aromatic carbocycles. The highest BCUT2D eigenvalue weighted by molar-refractivity contribution is 7.57. The summed E-state index contributed by atoms with van der Waals surface area (Å²) in [6.07, 6.45) is -0.280. The molecule has 1 fully saturated rings. The van der Waals surface area contributed by atoms with Crippen LogP contribution < -0.4 is 21.0 Å². The van der Waals surface area contributed by atoms with Crippen molar-refractivity contribution in [3.05, 3.63) is 53.1 Å². The maximum Gasteiger partial charge on any atom is 0.351 e. The Morgan fingerprint density at radius 1 is 1.39 bits per heavy atom. The van der Waals surface area contributed by atoms with Gasteiger partial charge in [-0.05, 0) is 39.0 Å². The van der Waals surface area contributed by atoms with Gasteiger partial charge in [0.1, 0.15) is 23.7 Å². The first kappa shape index (κ1) is 27.4. The molecular formula is C23H28FN4O7P. The number of carbonyl (C=O) groups excluding carboxylic acids is 1. The lowest BCUT2D eigenvalue weighted by atomic mass is 9.99. The fraction of sp³-hybridized carbons (Fsp3) is 0.435. The molecule has 0 spiro atoms. The number of alkyl halides is 1. The molecule has 0 saturated carbocycles. The van der Waals surface area contributed by atoms with Gasteiger partial charge in [0.25, 0.3) is 0 Å². The van der Waals surface area contributed by atoms with Gasteiger partial charge in [-0.1, -0.05) is 24.1 Å². The Labute approximate surface area is 207 Å². The lowest BCUT2D eigenvalue weighted by molar-refractivity contribution is -0.149. The number of benzene rings is 1. The van der Waals surface area contributed by atoms with E-state index in [1.807, 2.05) is 0 Å². The van der Waals surface area contributed by atoms with E-state index in [9.17, 15) is 19.3 Å². The van der Waals surface area contributed by atoms with Crippen molar-refractivity contribution in [1.82, 2.24) is 14.6 Å². The van der Waals surface area contributed by atoms with E-state index in [4.69, 9.17) is 26.2 Å². The van der Waals surface area contributed by atoms with Crippen LogP contribution >= 0.6 is 7.52 Å². The molecule has 1 aromatic heterocycles. The number of rotatable bonds is 9. The van der Waals surface area contributed by atoms with Crippen LogP contribution in [0.3, 0.4) is 0 Å². The Kier molecular flexibility index (Phi) is 8.21. The van der Waals surface area contributed by atoms with Crippen molar-refractivity contribution in [2.24, 2.45) is 0 Å². The quantitative estimate of drug-likeness (QED) is 0.251. The molecule has 0 amide bonds. The van der Waals surface area contributed by atoms with Crippen LogP contribution in [0.25, 0.3) is 0 Å². The summed E-state index contributed by atoms with van der Waals surface area (Å²) in [5.74, 6) is 1.53. The third-order valence-corrected chi connectivity index (χ3v) is 7.46. The number of nitrogen functional groups attached to an aromatic ring is 1. The van der Waals surface area contributed by atoms with E-state index in [0.29, 0.717) is 0 Å². The Morgan fingerprint density at radius 3 is 2.64 bits per heavy atom. The molecule has 11 nitrogen and oxygen atoms in total. The van der Waals surface area contributed by atoms with Crippen molar-refractivity contribution in [2.75, 3.05) is 11.9 Å². The number of hydrogen-bond acceptors (Lipinski definition) is 9. The third kappa shape index (κ3) is 5.94. The Bertz CT molecular complexity index is 1230. The number of nitrogens with zero attached hydrogens (tertiary/aromatic N) is 2. The van der Waals surface area contributed by atoms with E-state index >= 15 is 4.39 Å². The highest BCUT2D eigenvalue weighted by Crippen LogP contribution is 2.51. The smallest absolute Gasteiger partial charge is 0.351 e. The summed E-state index contributed by atoms with van der Waals surface area (Å²) in [6, 6.07) is 8.10. The highest BCUT2D eigenvalue weighted by atomic mass is 31.2. The summed E-state index contributed by atoms with van der Waals surface area (Å²) >= 11 is 0. The zero-order valence-corrected chi connectivity index (χ0v) is 20.8. The van der Waals surface area contributed by atoms with E-state index < -0.39 is 61.6 Å². The number of para-hydroxylation sites is 1. The van der Waals surface area contributed by atoms with Crippen molar-refractivity contribution < 1.29 is 32.9 Å². The summed E-state index contributed by atoms with van der Waals surface area (Å²) in [6.45, 7) is 4.70. The fourth-order valence-electron chi connectivity index (χ4n) is 3.64. The van der Waals surface area contributed by atoms with Gasteiger partial charge in [0.05, 0.1) is 12.3 Å². The van der Waals surface area contributed by atoms with Gasteiger partial charge >= 0.3 is 19.2 Å². The SMILES string of the molecule is C#C[C@]1(CP(=O)(NC(C)C(=O)OC(C)C)Oc2ccccc2)O[C@@H](n2ccc(N)nc2=O)[C@H](F)[C@@H]1O. The molecular weight excluding hydrogens is 494 g/mol. The van der Waals surface area contributed by atoms with Gasteiger partial charge in [-0.2, -0.15) is 4.98 Å². The minimum absolute atomic E-state index is 0.0966. The molecule has 0 bridgehead atoms. The predicted octanol–water partition coefficient (Wildman–Crippen LogP) is 1.63. The van der Waals surface area contributed by atoms with E-state index in [1.54, 1.807) is 32.0 Å². The third-order valence-electron chi connectivity index (χ3n) is 5.29. The monoisotopic (exact) mass is 522 g/mol. The second-order valence-corrected chi connectivity index (χ2v) is 10.6. The summed E-state index contributed by atoms with van der Waals surface area (Å²) in [5.41, 5.74) is 2.34. The van der Waals surface area contributed by atoms with Gasteiger partial charge in [0.15, 0.2) is 18.0 Å². The molecule has 4 N–H and O–H groups in total. The number of hydrogen-bond donors (Lipinski definition) is 3. The Morgan fingerprint density at radius 2 is 2.06 bits per heavy atom. The number of terminal acetylenes is 1. The first-order chi connectivity index (χ1) is 16.9. The lowest BCUT2D eigenvalue weighted by Crippen LogP contribution is -2.47. The van der Waals surface area contributed by atoms with Crippen molar-refractivity contribution in [2.45, 2.75) is 57.0 Å². The molecule has 2 heterocycles. The van der Waals surface area contributed by atoms with E-state index in [-0.39, 0.29) is 11.6 Å². The minimum Gasteiger partial charge on any atom is -0.462 e. The fourth-order valence-corrected chi connectivity index (χ4v) is 5.97. The standard InChI is InChI=1S/C23H28FN4O7P/c1-5-23(19(29)18(24)20(34-23)28-12-11-17(25)26-22(28)31)13-36(32,35-16-9-7-6-8-10-16)27-15(4)21(30)33-14(2)3/h1,6-12,14-15,18-20,29H,13H2,2-4H3,(H,27,32)(H2,25,26,31)/t15?,18-,19+,20-,23-,36?/m1/s1. The second-order valence-electron chi connectivity index (χ2n) is 8.55. The number of anilines is 1. The molecule has 1 saturated heterocycles. The molecule has 6 atom stereocenters.